The average Bonchev–Trinajstić information content (AvgIpc) is 2.48. The van der Waals surface area contributed by atoms with Crippen LogP contribution in [0.4, 0.5) is 0 Å². The number of rotatable bonds is 3. The maximum atomic E-state index is 6.01. The molecule has 0 heterocycles. The van der Waals surface area contributed by atoms with Crippen molar-refractivity contribution in [2.75, 3.05) is 0 Å². The van der Waals surface area contributed by atoms with E-state index in [4.69, 9.17) is 4.74 Å². The summed E-state index contributed by atoms with van der Waals surface area (Å²) in [6.45, 7) is 2.07. The Bertz CT molecular complexity index is 673. The average molecular weight is 248 g/mol. The first-order valence-corrected chi connectivity index (χ1v) is 6.53. The third kappa shape index (κ3) is 2.60. The van der Waals surface area contributed by atoms with E-state index in [1.165, 1.54) is 16.3 Å². The molecule has 0 fully saturated rings. The van der Waals surface area contributed by atoms with Gasteiger partial charge in [0, 0.05) is 0 Å². The van der Waals surface area contributed by atoms with Crippen LogP contribution in [-0.2, 0) is 0 Å². The van der Waals surface area contributed by atoms with Crippen molar-refractivity contribution >= 4 is 10.8 Å². The van der Waals surface area contributed by atoms with Crippen LogP contribution in [0.1, 0.15) is 18.6 Å². The standard InChI is InChI=1S/C18H16O/c1-14(15-7-3-2-4-8-15)19-18-12-11-16-9-5-6-10-17(16)13-18/h2-14H,1H3/t14-/m1/s1. The summed E-state index contributed by atoms with van der Waals surface area (Å²) in [6, 6.07) is 24.8. The van der Waals surface area contributed by atoms with Crippen LogP contribution in [0.5, 0.6) is 5.75 Å². The van der Waals surface area contributed by atoms with E-state index in [2.05, 4.69) is 49.4 Å². The van der Waals surface area contributed by atoms with Crippen molar-refractivity contribution in [1.29, 1.82) is 0 Å². The Morgan fingerprint density at radius 1 is 0.737 bits per heavy atom. The molecule has 0 saturated carbocycles. The highest BCUT2D eigenvalue weighted by atomic mass is 16.5. The first-order chi connectivity index (χ1) is 9.33. The Morgan fingerprint density at radius 3 is 2.21 bits per heavy atom. The lowest BCUT2D eigenvalue weighted by Crippen LogP contribution is -2.02. The first kappa shape index (κ1) is 11.8. The molecule has 0 aliphatic heterocycles. The van der Waals surface area contributed by atoms with Crippen LogP contribution in [0.15, 0.2) is 72.8 Å². The van der Waals surface area contributed by atoms with Gasteiger partial charge in [0.05, 0.1) is 0 Å². The molecule has 0 radical (unpaired) electrons. The van der Waals surface area contributed by atoms with E-state index in [9.17, 15) is 0 Å². The Balaban J connectivity index is 1.85. The molecule has 94 valence electrons. The van der Waals surface area contributed by atoms with Crippen molar-refractivity contribution in [2.24, 2.45) is 0 Å². The number of benzene rings is 3. The second kappa shape index (κ2) is 5.15. The lowest BCUT2D eigenvalue weighted by atomic mass is 10.1. The molecule has 19 heavy (non-hydrogen) atoms. The number of ether oxygens (including phenoxy) is 1. The summed E-state index contributed by atoms with van der Waals surface area (Å²) in [7, 11) is 0. The molecule has 0 aliphatic rings. The topological polar surface area (TPSA) is 9.23 Å². The van der Waals surface area contributed by atoms with E-state index in [-0.39, 0.29) is 6.10 Å². The maximum absolute atomic E-state index is 6.01. The van der Waals surface area contributed by atoms with Gasteiger partial charge in [-0.1, -0.05) is 60.7 Å². The fraction of sp³-hybridized carbons (Fsp3) is 0.111. The zero-order valence-electron chi connectivity index (χ0n) is 10.9. The van der Waals surface area contributed by atoms with Crippen LogP contribution in [0.25, 0.3) is 10.8 Å². The van der Waals surface area contributed by atoms with Crippen LogP contribution in [0, 0.1) is 0 Å². The number of hydrogen-bond acceptors (Lipinski definition) is 1. The van der Waals surface area contributed by atoms with E-state index in [0.717, 1.165) is 5.75 Å². The summed E-state index contributed by atoms with van der Waals surface area (Å²) in [5.74, 6) is 0.912. The molecule has 0 N–H and O–H groups in total. The smallest absolute Gasteiger partial charge is 0.121 e. The molecule has 3 aromatic carbocycles. The highest BCUT2D eigenvalue weighted by Gasteiger charge is 2.06. The fourth-order valence-electron chi connectivity index (χ4n) is 2.24. The van der Waals surface area contributed by atoms with Gasteiger partial charge in [-0.25, -0.2) is 0 Å². The Hall–Kier alpha value is -2.28. The molecule has 0 aliphatic carbocycles. The summed E-state index contributed by atoms with van der Waals surface area (Å²) in [4.78, 5) is 0. The Morgan fingerprint density at radius 2 is 1.42 bits per heavy atom. The van der Waals surface area contributed by atoms with Crippen molar-refractivity contribution in [2.45, 2.75) is 13.0 Å². The van der Waals surface area contributed by atoms with Gasteiger partial charge < -0.3 is 4.74 Å². The van der Waals surface area contributed by atoms with Gasteiger partial charge in [-0.15, -0.1) is 0 Å². The molecule has 0 aromatic heterocycles. The van der Waals surface area contributed by atoms with Crippen molar-refractivity contribution in [1.82, 2.24) is 0 Å². The van der Waals surface area contributed by atoms with Crippen molar-refractivity contribution in [3.8, 4) is 5.75 Å². The number of fused-ring (bicyclic) bond motifs is 1. The van der Waals surface area contributed by atoms with Crippen LogP contribution < -0.4 is 4.74 Å². The van der Waals surface area contributed by atoms with Gasteiger partial charge in [0.25, 0.3) is 0 Å². The molecular formula is C18H16O. The minimum absolute atomic E-state index is 0.0577. The van der Waals surface area contributed by atoms with Gasteiger partial charge in [-0.3, -0.25) is 0 Å². The summed E-state index contributed by atoms with van der Waals surface area (Å²) < 4.78 is 6.01. The monoisotopic (exact) mass is 248 g/mol. The SMILES string of the molecule is C[C@@H](Oc1ccc2ccccc2c1)c1ccccc1. The van der Waals surface area contributed by atoms with Crippen molar-refractivity contribution in [3.05, 3.63) is 78.4 Å². The lowest BCUT2D eigenvalue weighted by Gasteiger charge is -2.15. The Labute approximate surface area is 113 Å². The zero-order valence-corrected chi connectivity index (χ0v) is 10.9. The zero-order chi connectivity index (χ0) is 13.1. The number of hydrogen-bond donors (Lipinski definition) is 0. The predicted octanol–water partition coefficient (Wildman–Crippen LogP) is 4.98. The first-order valence-electron chi connectivity index (χ1n) is 6.53. The largest absolute Gasteiger partial charge is 0.486 e. The maximum Gasteiger partial charge on any atom is 0.121 e. The van der Waals surface area contributed by atoms with E-state index in [1.807, 2.05) is 30.3 Å². The molecule has 1 heteroatoms. The molecule has 3 rings (SSSR count). The summed E-state index contributed by atoms with van der Waals surface area (Å²) in [5, 5.41) is 2.45. The van der Waals surface area contributed by atoms with E-state index in [0.29, 0.717) is 0 Å². The second-order valence-electron chi connectivity index (χ2n) is 4.68. The minimum Gasteiger partial charge on any atom is -0.486 e. The van der Waals surface area contributed by atoms with Crippen LogP contribution in [0.3, 0.4) is 0 Å². The lowest BCUT2D eigenvalue weighted by molar-refractivity contribution is 0.227. The van der Waals surface area contributed by atoms with Crippen LogP contribution in [0.2, 0.25) is 0 Å². The van der Waals surface area contributed by atoms with Gasteiger partial charge in [0.15, 0.2) is 0 Å². The fourth-order valence-corrected chi connectivity index (χ4v) is 2.24. The van der Waals surface area contributed by atoms with Gasteiger partial charge in [-0.05, 0) is 35.4 Å². The van der Waals surface area contributed by atoms with Crippen molar-refractivity contribution < 1.29 is 4.74 Å². The van der Waals surface area contributed by atoms with Crippen LogP contribution >= 0.6 is 0 Å². The third-order valence-corrected chi connectivity index (χ3v) is 3.30. The Kier molecular flexibility index (Phi) is 3.20. The van der Waals surface area contributed by atoms with Crippen molar-refractivity contribution in [3.63, 3.8) is 0 Å². The summed E-state index contributed by atoms with van der Waals surface area (Å²) in [5.41, 5.74) is 1.19. The molecular weight excluding hydrogens is 232 g/mol. The van der Waals surface area contributed by atoms with E-state index < -0.39 is 0 Å². The van der Waals surface area contributed by atoms with E-state index >= 15 is 0 Å². The highest BCUT2D eigenvalue weighted by molar-refractivity contribution is 5.83. The molecule has 1 nitrogen and oxygen atoms in total. The normalized spacial score (nSPS) is 12.3. The molecule has 0 spiro atoms. The molecule has 0 bridgehead atoms. The van der Waals surface area contributed by atoms with Gasteiger partial charge in [-0.2, -0.15) is 0 Å². The summed E-state index contributed by atoms with van der Waals surface area (Å²) >= 11 is 0. The van der Waals surface area contributed by atoms with E-state index in [1.54, 1.807) is 0 Å². The second-order valence-corrected chi connectivity index (χ2v) is 4.68. The summed E-state index contributed by atoms with van der Waals surface area (Å²) in [6.07, 6.45) is 0.0577. The molecule has 1 atom stereocenters. The van der Waals surface area contributed by atoms with Crippen LogP contribution in [-0.4, -0.2) is 0 Å². The van der Waals surface area contributed by atoms with Gasteiger partial charge in [0.2, 0.25) is 0 Å². The van der Waals surface area contributed by atoms with Gasteiger partial charge in [0.1, 0.15) is 11.9 Å². The highest BCUT2D eigenvalue weighted by Crippen LogP contribution is 2.25. The van der Waals surface area contributed by atoms with Gasteiger partial charge >= 0.3 is 0 Å². The molecule has 0 saturated heterocycles. The quantitative estimate of drug-likeness (QED) is 0.635. The minimum atomic E-state index is 0.0577. The molecule has 3 aromatic rings. The predicted molar refractivity (Wildman–Crippen MR) is 79.4 cm³/mol. The third-order valence-electron chi connectivity index (χ3n) is 3.30. The molecule has 0 amide bonds. The molecule has 0 unspecified atom stereocenters.